The van der Waals surface area contributed by atoms with E-state index in [2.05, 4.69) is 0 Å². The molecule has 0 fully saturated rings. The fourth-order valence-corrected chi connectivity index (χ4v) is 1.65. The van der Waals surface area contributed by atoms with Gasteiger partial charge in [0.25, 0.3) is 0 Å². The summed E-state index contributed by atoms with van der Waals surface area (Å²) in [5.41, 5.74) is 6.62. The minimum atomic E-state index is -0.447. The predicted molar refractivity (Wildman–Crippen MR) is 56.6 cm³/mol. The monoisotopic (exact) mass is 227 g/mol. The molecule has 0 radical (unpaired) electrons. The van der Waals surface area contributed by atoms with E-state index in [0.29, 0.717) is 17.2 Å². The van der Waals surface area contributed by atoms with E-state index in [0.717, 1.165) is 5.56 Å². The first kappa shape index (κ1) is 11.0. The van der Waals surface area contributed by atoms with Crippen LogP contribution in [0.25, 0.3) is 0 Å². The largest absolute Gasteiger partial charge is 0.493 e. The molecule has 1 heterocycles. The van der Waals surface area contributed by atoms with Crippen LogP contribution in [0, 0.1) is 0 Å². The summed E-state index contributed by atoms with van der Waals surface area (Å²) < 4.78 is 27.9. The van der Waals surface area contributed by atoms with Gasteiger partial charge in [0, 0.05) is 6.04 Å². The maximum absolute atomic E-state index is 12.2. The Morgan fingerprint density at radius 2 is 2.31 bits per heavy atom. The van der Waals surface area contributed by atoms with E-state index in [1.807, 2.05) is 0 Å². The standard InChI is InChI=1S/C11H14FNO3/c1-14-9-4-7(8(13)2-3-12)5-10-11(9)16-6-15-10/h4-5,8H,2-3,6,13H2,1H3/t8-/m0/s1. The number of fused-ring (bicyclic) bond motifs is 1. The summed E-state index contributed by atoms with van der Waals surface area (Å²) in [7, 11) is 1.54. The second kappa shape index (κ2) is 4.57. The molecular weight excluding hydrogens is 213 g/mol. The molecule has 1 atom stereocenters. The van der Waals surface area contributed by atoms with Gasteiger partial charge in [0.2, 0.25) is 12.5 Å². The Bertz CT molecular complexity index is 384. The van der Waals surface area contributed by atoms with Crippen molar-refractivity contribution in [1.82, 2.24) is 0 Å². The number of methoxy groups -OCH3 is 1. The summed E-state index contributed by atoms with van der Waals surface area (Å²) in [6.07, 6.45) is 0.281. The van der Waals surface area contributed by atoms with Crippen molar-refractivity contribution in [3.63, 3.8) is 0 Å². The Kier molecular flexibility index (Phi) is 3.14. The Morgan fingerprint density at radius 3 is 3.00 bits per heavy atom. The van der Waals surface area contributed by atoms with Crippen molar-refractivity contribution in [1.29, 1.82) is 0 Å². The number of ether oxygens (including phenoxy) is 3. The van der Waals surface area contributed by atoms with E-state index in [-0.39, 0.29) is 19.3 Å². The normalized spacial score (nSPS) is 14.9. The SMILES string of the molecule is COc1cc([C@@H](N)CCF)cc2c1OCO2. The Hall–Kier alpha value is -1.49. The lowest BCUT2D eigenvalue weighted by Crippen LogP contribution is -2.11. The lowest BCUT2D eigenvalue weighted by molar-refractivity contribution is 0.171. The predicted octanol–water partition coefficient (Wildman–Crippen LogP) is 1.78. The lowest BCUT2D eigenvalue weighted by Gasteiger charge is -2.12. The van der Waals surface area contributed by atoms with Gasteiger partial charge in [-0.3, -0.25) is 4.39 Å². The maximum atomic E-state index is 12.2. The van der Waals surface area contributed by atoms with E-state index in [9.17, 15) is 4.39 Å². The first-order chi connectivity index (χ1) is 7.76. The van der Waals surface area contributed by atoms with Crippen molar-refractivity contribution < 1.29 is 18.6 Å². The zero-order valence-electron chi connectivity index (χ0n) is 9.03. The van der Waals surface area contributed by atoms with Gasteiger partial charge in [-0.05, 0) is 24.1 Å². The summed E-state index contributed by atoms with van der Waals surface area (Å²) >= 11 is 0. The van der Waals surface area contributed by atoms with Gasteiger partial charge >= 0.3 is 0 Å². The number of alkyl halides is 1. The highest BCUT2D eigenvalue weighted by atomic mass is 19.1. The van der Waals surface area contributed by atoms with Crippen molar-refractivity contribution in [2.75, 3.05) is 20.6 Å². The van der Waals surface area contributed by atoms with Gasteiger partial charge in [0.15, 0.2) is 11.5 Å². The number of rotatable bonds is 4. The number of halogens is 1. The summed E-state index contributed by atoms with van der Waals surface area (Å²) in [6, 6.07) is 3.17. The van der Waals surface area contributed by atoms with Gasteiger partial charge in [0.1, 0.15) is 0 Å². The quantitative estimate of drug-likeness (QED) is 0.851. The average molecular weight is 227 g/mol. The molecule has 0 unspecified atom stereocenters. The van der Waals surface area contributed by atoms with Crippen LogP contribution in [0.1, 0.15) is 18.0 Å². The third-order valence-corrected chi connectivity index (χ3v) is 2.53. The van der Waals surface area contributed by atoms with Gasteiger partial charge in [-0.1, -0.05) is 0 Å². The van der Waals surface area contributed by atoms with Gasteiger partial charge in [-0.2, -0.15) is 0 Å². The number of benzene rings is 1. The molecule has 1 aliphatic heterocycles. The topological polar surface area (TPSA) is 53.7 Å². The Morgan fingerprint density at radius 1 is 1.50 bits per heavy atom. The average Bonchev–Trinajstić information content (AvgIpc) is 2.75. The van der Waals surface area contributed by atoms with Crippen LogP contribution in [0.4, 0.5) is 4.39 Å². The molecule has 1 aliphatic rings. The molecular formula is C11H14FNO3. The molecule has 1 aromatic carbocycles. The van der Waals surface area contributed by atoms with E-state index >= 15 is 0 Å². The highest BCUT2D eigenvalue weighted by Crippen LogP contribution is 2.42. The van der Waals surface area contributed by atoms with Crippen LogP contribution in [0.2, 0.25) is 0 Å². The molecule has 2 N–H and O–H groups in total. The minimum Gasteiger partial charge on any atom is -0.493 e. The fraction of sp³-hybridized carbons (Fsp3) is 0.455. The number of hydrogen-bond donors (Lipinski definition) is 1. The summed E-state index contributed by atoms with van der Waals surface area (Å²) in [5.74, 6) is 1.75. The van der Waals surface area contributed by atoms with E-state index in [4.69, 9.17) is 19.9 Å². The third kappa shape index (κ3) is 1.90. The smallest absolute Gasteiger partial charge is 0.231 e. The highest BCUT2D eigenvalue weighted by molar-refractivity contribution is 5.55. The first-order valence-electron chi connectivity index (χ1n) is 5.05. The molecule has 0 bridgehead atoms. The van der Waals surface area contributed by atoms with Crippen LogP contribution in [0.3, 0.4) is 0 Å². The molecule has 0 aliphatic carbocycles. The van der Waals surface area contributed by atoms with E-state index in [1.54, 1.807) is 19.2 Å². The second-order valence-electron chi connectivity index (χ2n) is 3.54. The van der Waals surface area contributed by atoms with Crippen LogP contribution >= 0.6 is 0 Å². The minimum absolute atomic E-state index is 0.174. The van der Waals surface area contributed by atoms with Gasteiger partial charge < -0.3 is 19.9 Å². The van der Waals surface area contributed by atoms with Crippen LogP contribution in [0.15, 0.2) is 12.1 Å². The van der Waals surface area contributed by atoms with Crippen molar-refractivity contribution in [2.45, 2.75) is 12.5 Å². The molecule has 0 spiro atoms. The highest BCUT2D eigenvalue weighted by Gasteiger charge is 2.21. The van der Waals surface area contributed by atoms with Crippen molar-refractivity contribution in [2.24, 2.45) is 5.73 Å². The molecule has 16 heavy (non-hydrogen) atoms. The first-order valence-corrected chi connectivity index (χ1v) is 5.05. The van der Waals surface area contributed by atoms with Gasteiger partial charge in [-0.15, -0.1) is 0 Å². The van der Waals surface area contributed by atoms with E-state index in [1.165, 1.54) is 0 Å². The number of hydrogen-bond acceptors (Lipinski definition) is 4. The molecule has 0 saturated carbocycles. The molecule has 0 aromatic heterocycles. The van der Waals surface area contributed by atoms with Crippen LogP contribution in [-0.2, 0) is 0 Å². The van der Waals surface area contributed by atoms with Crippen molar-refractivity contribution in [3.05, 3.63) is 17.7 Å². The Balaban J connectivity index is 2.34. The fourth-order valence-electron chi connectivity index (χ4n) is 1.65. The number of nitrogens with two attached hydrogens (primary N) is 1. The molecule has 1 aromatic rings. The molecule has 2 rings (SSSR count). The molecule has 0 saturated heterocycles. The second-order valence-corrected chi connectivity index (χ2v) is 3.54. The van der Waals surface area contributed by atoms with Crippen LogP contribution in [-0.4, -0.2) is 20.6 Å². The molecule has 0 amide bonds. The van der Waals surface area contributed by atoms with Crippen molar-refractivity contribution >= 4 is 0 Å². The Labute approximate surface area is 93.1 Å². The summed E-state index contributed by atoms with van der Waals surface area (Å²) in [5, 5.41) is 0. The molecule has 88 valence electrons. The van der Waals surface area contributed by atoms with E-state index < -0.39 is 6.67 Å². The van der Waals surface area contributed by atoms with Crippen LogP contribution in [0.5, 0.6) is 17.2 Å². The maximum Gasteiger partial charge on any atom is 0.231 e. The van der Waals surface area contributed by atoms with Crippen molar-refractivity contribution in [3.8, 4) is 17.2 Å². The zero-order valence-corrected chi connectivity index (χ0v) is 9.03. The molecule has 5 heteroatoms. The summed E-state index contributed by atoms with van der Waals surface area (Å²) in [6.45, 7) is -0.272. The summed E-state index contributed by atoms with van der Waals surface area (Å²) in [4.78, 5) is 0. The van der Waals surface area contributed by atoms with Gasteiger partial charge in [0.05, 0.1) is 13.8 Å². The van der Waals surface area contributed by atoms with Gasteiger partial charge in [-0.25, -0.2) is 0 Å². The lowest BCUT2D eigenvalue weighted by atomic mass is 10.0. The third-order valence-electron chi connectivity index (χ3n) is 2.53. The van der Waals surface area contributed by atoms with Crippen LogP contribution < -0.4 is 19.9 Å². The zero-order chi connectivity index (χ0) is 11.5. The molecule has 4 nitrogen and oxygen atoms in total.